The van der Waals surface area contributed by atoms with Crippen LogP contribution in [-0.4, -0.2) is 42.9 Å². The second kappa shape index (κ2) is 5.67. The molecule has 0 bridgehead atoms. The van der Waals surface area contributed by atoms with Crippen LogP contribution in [0.15, 0.2) is 0 Å². The first-order valence-electron chi connectivity index (χ1n) is 6.25. The maximum Gasteiger partial charge on any atom is 0.119 e. The van der Waals surface area contributed by atoms with Crippen LogP contribution in [0.4, 0.5) is 0 Å². The fourth-order valence-corrected chi connectivity index (χ4v) is 2.84. The topological polar surface area (TPSA) is 24.5 Å². The first-order chi connectivity index (χ1) is 7.12. The number of hydrogen-bond donors (Lipinski definition) is 1. The van der Waals surface area contributed by atoms with Crippen LogP contribution in [0.5, 0.6) is 0 Å². The zero-order chi connectivity index (χ0) is 10.9. The fraction of sp³-hybridized carbons (Fsp3) is 1.00. The van der Waals surface area contributed by atoms with Gasteiger partial charge in [0.25, 0.3) is 0 Å². The zero-order valence-electron chi connectivity index (χ0n) is 10.7. The van der Waals surface area contributed by atoms with E-state index in [9.17, 15) is 0 Å². The molecule has 2 fully saturated rings. The lowest BCUT2D eigenvalue weighted by molar-refractivity contribution is -0.0645. The van der Waals surface area contributed by atoms with Gasteiger partial charge >= 0.3 is 0 Å². The molecule has 16 heavy (non-hydrogen) atoms. The Morgan fingerprint density at radius 1 is 1.31 bits per heavy atom. The summed E-state index contributed by atoms with van der Waals surface area (Å²) in [5.74, 6) is 0.690. The number of halogens is 1. The van der Waals surface area contributed by atoms with Gasteiger partial charge < -0.3 is 9.64 Å². The molecule has 0 radical (unpaired) electrons. The summed E-state index contributed by atoms with van der Waals surface area (Å²) in [5, 5.41) is 3.51. The summed E-state index contributed by atoms with van der Waals surface area (Å²) in [6.45, 7) is 11.1. The standard InChI is InChI=1S/C12H24N2O.ClH/c1-10(2)14-7-4-11(5-8-14)12(3)13-6-9-15-12;/h10-11,13H,4-9H2,1-3H3;1H. The highest BCUT2D eigenvalue weighted by atomic mass is 35.5. The van der Waals surface area contributed by atoms with Crippen molar-refractivity contribution < 1.29 is 4.74 Å². The van der Waals surface area contributed by atoms with Gasteiger partial charge in [0.1, 0.15) is 5.72 Å². The molecule has 2 aliphatic heterocycles. The number of piperidine rings is 1. The number of nitrogens with zero attached hydrogens (tertiary/aromatic N) is 1. The van der Waals surface area contributed by atoms with E-state index in [0.717, 1.165) is 13.2 Å². The van der Waals surface area contributed by atoms with E-state index in [-0.39, 0.29) is 18.1 Å². The number of likely N-dealkylation sites (tertiary alicyclic amines) is 1. The van der Waals surface area contributed by atoms with Crippen molar-refractivity contribution in [1.29, 1.82) is 0 Å². The molecule has 0 amide bonds. The Hall–Kier alpha value is 0.170. The lowest BCUT2D eigenvalue weighted by Gasteiger charge is -2.41. The van der Waals surface area contributed by atoms with Crippen LogP contribution >= 0.6 is 12.4 Å². The number of rotatable bonds is 2. The van der Waals surface area contributed by atoms with Gasteiger partial charge in [-0.15, -0.1) is 12.4 Å². The smallest absolute Gasteiger partial charge is 0.119 e. The lowest BCUT2D eigenvalue weighted by Crippen LogP contribution is -2.50. The summed E-state index contributed by atoms with van der Waals surface area (Å²) in [6.07, 6.45) is 2.53. The monoisotopic (exact) mass is 248 g/mol. The molecule has 2 saturated heterocycles. The van der Waals surface area contributed by atoms with E-state index >= 15 is 0 Å². The molecule has 0 aromatic rings. The Kier molecular flexibility index (Phi) is 5.05. The summed E-state index contributed by atoms with van der Waals surface area (Å²) in [6, 6.07) is 0.691. The molecular weight excluding hydrogens is 224 g/mol. The first-order valence-corrected chi connectivity index (χ1v) is 6.25. The van der Waals surface area contributed by atoms with Gasteiger partial charge in [0.15, 0.2) is 0 Å². The van der Waals surface area contributed by atoms with E-state index < -0.39 is 0 Å². The third kappa shape index (κ3) is 2.89. The predicted molar refractivity (Wildman–Crippen MR) is 69.0 cm³/mol. The summed E-state index contributed by atoms with van der Waals surface area (Å²) in [7, 11) is 0. The lowest BCUT2D eigenvalue weighted by atomic mass is 9.87. The van der Waals surface area contributed by atoms with Crippen molar-refractivity contribution in [2.45, 2.75) is 45.4 Å². The summed E-state index contributed by atoms with van der Waals surface area (Å²) in [4.78, 5) is 2.56. The molecule has 2 heterocycles. The van der Waals surface area contributed by atoms with Gasteiger partial charge in [-0.25, -0.2) is 0 Å². The first kappa shape index (κ1) is 14.2. The van der Waals surface area contributed by atoms with Crippen LogP contribution in [0.25, 0.3) is 0 Å². The minimum atomic E-state index is -0.0386. The number of nitrogens with one attached hydrogen (secondary N) is 1. The van der Waals surface area contributed by atoms with Gasteiger partial charge in [-0.1, -0.05) is 0 Å². The van der Waals surface area contributed by atoms with E-state index in [4.69, 9.17) is 4.74 Å². The molecule has 0 aromatic heterocycles. The maximum atomic E-state index is 5.85. The van der Waals surface area contributed by atoms with E-state index in [2.05, 4.69) is 31.0 Å². The van der Waals surface area contributed by atoms with Gasteiger partial charge in [-0.3, -0.25) is 5.32 Å². The van der Waals surface area contributed by atoms with Crippen LogP contribution in [0.1, 0.15) is 33.6 Å². The number of hydrogen-bond acceptors (Lipinski definition) is 3. The van der Waals surface area contributed by atoms with Crippen molar-refractivity contribution in [2.75, 3.05) is 26.2 Å². The quantitative estimate of drug-likeness (QED) is 0.808. The summed E-state index contributed by atoms with van der Waals surface area (Å²) in [5.41, 5.74) is -0.0386. The molecule has 1 atom stereocenters. The fourth-order valence-electron chi connectivity index (χ4n) is 2.84. The largest absolute Gasteiger partial charge is 0.359 e. The average molecular weight is 249 g/mol. The number of ether oxygens (including phenoxy) is 1. The van der Waals surface area contributed by atoms with Crippen LogP contribution in [-0.2, 0) is 4.74 Å². The molecule has 4 heteroatoms. The molecule has 2 aliphatic rings. The Labute approximate surface area is 105 Å². The van der Waals surface area contributed by atoms with Crippen molar-refractivity contribution in [2.24, 2.45) is 5.92 Å². The Bertz CT molecular complexity index is 209. The van der Waals surface area contributed by atoms with Crippen LogP contribution in [0, 0.1) is 5.92 Å². The Morgan fingerprint density at radius 2 is 1.94 bits per heavy atom. The van der Waals surface area contributed by atoms with Crippen molar-refractivity contribution in [3.8, 4) is 0 Å². The minimum absolute atomic E-state index is 0. The van der Waals surface area contributed by atoms with Gasteiger partial charge in [-0.05, 0) is 46.7 Å². The maximum absolute atomic E-state index is 5.85. The highest BCUT2D eigenvalue weighted by Crippen LogP contribution is 2.31. The third-order valence-corrected chi connectivity index (χ3v) is 4.02. The van der Waals surface area contributed by atoms with Crippen molar-refractivity contribution in [1.82, 2.24) is 10.2 Å². The normalized spacial score (nSPS) is 33.0. The summed E-state index contributed by atoms with van der Waals surface area (Å²) < 4.78 is 5.85. The average Bonchev–Trinajstić information content (AvgIpc) is 2.67. The van der Waals surface area contributed by atoms with Crippen molar-refractivity contribution in [3.05, 3.63) is 0 Å². The van der Waals surface area contributed by atoms with Crippen LogP contribution < -0.4 is 5.32 Å². The van der Waals surface area contributed by atoms with Crippen LogP contribution in [0.2, 0.25) is 0 Å². The second-order valence-corrected chi connectivity index (χ2v) is 5.29. The SMILES string of the molecule is CC(C)N1CCC(C2(C)NCCO2)CC1.Cl. The van der Waals surface area contributed by atoms with Gasteiger partial charge in [-0.2, -0.15) is 0 Å². The zero-order valence-corrected chi connectivity index (χ0v) is 11.5. The molecule has 0 aliphatic carbocycles. The Balaban J connectivity index is 0.00000128. The van der Waals surface area contributed by atoms with Crippen LogP contribution in [0.3, 0.4) is 0 Å². The van der Waals surface area contributed by atoms with E-state index in [1.807, 2.05) is 0 Å². The van der Waals surface area contributed by atoms with E-state index in [1.54, 1.807) is 0 Å². The van der Waals surface area contributed by atoms with Crippen molar-refractivity contribution in [3.63, 3.8) is 0 Å². The third-order valence-electron chi connectivity index (χ3n) is 4.02. The van der Waals surface area contributed by atoms with E-state index in [0.29, 0.717) is 12.0 Å². The highest BCUT2D eigenvalue weighted by Gasteiger charge is 2.39. The molecule has 2 rings (SSSR count). The van der Waals surface area contributed by atoms with Gasteiger partial charge in [0.2, 0.25) is 0 Å². The summed E-state index contributed by atoms with van der Waals surface area (Å²) >= 11 is 0. The second-order valence-electron chi connectivity index (χ2n) is 5.29. The minimum Gasteiger partial charge on any atom is -0.359 e. The molecule has 0 aromatic carbocycles. The van der Waals surface area contributed by atoms with E-state index in [1.165, 1.54) is 25.9 Å². The molecule has 96 valence electrons. The molecule has 3 nitrogen and oxygen atoms in total. The molecule has 1 N–H and O–H groups in total. The molecule has 0 saturated carbocycles. The molecule has 0 spiro atoms. The predicted octanol–water partition coefficient (Wildman–Crippen LogP) is 1.86. The van der Waals surface area contributed by atoms with Gasteiger partial charge in [0, 0.05) is 18.5 Å². The molecular formula is C12H25ClN2O. The highest BCUT2D eigenvalue weighted by molar-refractivity contribution is 5.85. The molecule has 1 unspecified atom stereocenters. The van der Waals surface area contributed by atoms with Gasteiger partial charge in [0.05, 0.1) is 6.61 Å². The van der Waals surface area contributed by atoms with Crippen molar-refractivity contribution >= 4 is 12.4 Å². The Morgan fingerprint density at radius 3 is 2.38 bits per heavy atom.